The van der Waals surface area contributed by atoms with Crippen LogP contribution in [-0.2, 0) is 0 Å². The summed E-state index contributed by atoms with van der Waals surface area (Å²) < 4.78 is 4.68. The van der Waals surface area contributed by atoms with Gasteiger partial charge in [0.15, 0.2) is 5.52 Å². The minimum absolute atomic E-state index is 0.113. The van der Waals surface area contributed by atoms with Gasteiger partial charge in [-0.15, -0.1) is 0 Å². The fraction of sp³-hybridized carbons (Fsp3) is 0.308. The van der Waals surface area contributed by atoms with Gasteiger partial charge in [-0.2, -0.15) is 10.2 Å². The molecule has 25 heavy (non-hydrogen) atoms. The summed E-state index contributed by atoms with van der Waals surface area (Å²) in [6, 6.07) is 2.71. The number of piperazine rings is 1. The molecule has 3 heterocycles. The summed E-state index contributed by atoms with van der Waals surface area (Å²) in [4.78, 5) is 27.4. The van der Waals surface area contributed by atoms with Crippen LogP contribution >= 0.6 is 0 Å². The first-order chi connectivity index (χ1) is 12.1. The number of hydrogen-bond acceptors (Lipinski definition) is 9. The summed E-state index contributed by atoms with van der Waals surface area (Å²) >= 11 is 0. The zero-order valence-electron chi connectivity index (χ0n) is 12.8. The number of fused-ring (bicyclic) bond motifs is 1. The summed E-state index contributed by atoms with van der Waals surface area (Å²) in [5, 5.41) is 26.2. The molecule has 0 radical (unpaired) electrons. The van der Waals surface area contributed by atoms with Crippen molar-refractivity contribution in [3.63, 3.8) is 0 Å². The van der Waals surface area contributed by atoms with E-state index in [0.29, 0.717) is 37.4 Å². The van der Waals surface area contributed by atoms with Crippen molar-refractivity contribution >= 4 is 28.4 Å². The average Bonchev–Trinajstić information content (AvgIpc) is 3.32. The van der Waals surface area contributed by atoms with Crippen molar-refractivity contribution in [3.05, 3.63) is 34.6 Å². The van der Waals surface area contributed by atoms with Crippen molar-refractivity contribution in [2.24, 2.45) is 0 Å². The Bertz CT molecular complexity index is 929. The van der Waals surface area contributed by atoms with Crippen molar-refractivity contribution in [2.45, 2.75) is 0 Å². The second kappa shape index (κ2) is 5.81. The van der Waals surface area contributed by atoms with E-state index < -0.39 is 4.92 Å². The van der Waals surface area contributed by atoms with Gasteiger partial charge in [-0.1, -0.05) is 4.80 Å². The molecule has 1 saturated heterocycles. The molecule has 1 aliphatic heterocycles. The topological polar surface area (TPSA) is 136 Å². The maximum absolute atomic E-state index is 12.2. The van der Waals surface area contributed by atoms with Crippen molar-refractivity contribution in [2.75, 3.05) is 31.1 Å². The van der Waals surface area contributed by atoms with Gasteiger partial charge < -0.3 is 9.80 Å². The Labute approximate surface area is 139 Å². The largest absolute Gasteiger partial charge is 0.366 e. The first-order valence-corrected chi connectivity index (χ1v) is 7.45. The molecule has 0 atom stereocenters. The molecule has 0 saturated carbocycles. The number of nitro benzene ring substituents is 1. The van der Waals surface area contributed by atoms with E-state index in [-0.39, 0.29) is 17.2 Å². The number of nitro groups is 1. The molecule has 2 aromatic heterocycles. The van der Waals surface area contributed by atoms with Crippen LogP contribution in [0.2, 0.25) is 0 Å². The third-order valence-corrected chi connectivity index (χ3v) is 4.05. The standard InChI is InChI=1S/C13H12N8O4/c22-13(20-14-3-4-15-20)19-7-5-18(6-8-19)9-1-2-10(21(23)24)12-11(9)16-25-17-12/h1-4H,5-8H2. The summed E-state index contributed by atoms with van der Waals surface area (Å²) in [5.41, 5.74) is 0.981. The quantitative estimate of drug-likeness (QED) is 0.481. The average molecular weight is 344 g/mol. The molecule has 0 aliphatic carbocycles. The highest BCUT2D eigenvalue weighted by Gasteiger charge is 2.27. The second-order valence-electron chi connectivity index (χ2n) is 5.40. The Morgan fingerprint density at radius 1 is 1.08 bits per heavy atom. The zero-order valence-corrected chi connectivity index (χ0v) is 12.8. The van der Waals surface area contributed by atoms with Gasteiger partial charge in [-0.05, 0) is 16.4 Å². The summed E-state index contributed by atoms with van der Waals surface area (Å²) in [5.74, 6) is 0. The predicted octanol–water partition coefficient (Wildman–Crippen LogP) is 0.513. The lowest BCUT2D eigenvalue weighted by molar-refractivity contribution is -0.383. The van der Waals surface area contributed by atoms with Gasteiger partial charge in [0.1, 0.15) is 0 Å². The number of carbonyl (C=O) groups is 1. The van der Waals surface area contributed by atoms with Gasteiger partial charge in [0.05, 0.1) is 23.0 Å². The Kier molecular flexibility index (Phi) is 3.48. The zero-order chi connectivity index (χ0) is 17.4. The second-order valence-corrected chi connectivity index (χ2v) is 5.40. The molecular weight excluding hydrogens is 332 g/mol. The molecule has 4 rings (SSSR count). The number of aromatic nitrogens is 5. The monoisotopic (exact) mass is 344 g/mol. The van der Waals surface area contributed by atoms with E-state index in [1.807, 2.05) is 4.90 Å². The fourth-order valence-electron chi connectivity index (χ4n) is 2.82. The van der Waals surface area contributed by atoms with E-state index in [2.05, 4.69) is 25.1 Å². The van der Waals surface area contributed by atoms with E-state index >= 15 is 0 Å². The van der Waals surface area contributed by atoms with Crippen LogP contribution < -0.4 is 4.90 Å². The smallest absolute Gasteiger partial charge is 0.362 e. The Hall–Kier alpha value is -3.57. The van der Waals surface area contributed by atoms with Crippen molar-refractivity contribution in [1.82, 2.24) is 30.2 Å². The highest BCUT2D eigenvalue weighted by atomic mass is 16.6. The molecule has 0 unspecified atom stereocenters. The van der Waals surface area contributed by atoms with Crippen LogP contribution in [-0.4, -0.2) is 67.3 Å². The van der Waals surface area contributed by atoms with E-state index in [9.17, 15) is 14.9 Å². The van der Waals surface area contributed by atoms with Crippen molar-refractivity contribution < 1.29 is 14.3 Å². The lowest BCUT2D eigenvalue weighted by Gasteiger charge is -2.35. The minimum atomic E-state index is -0.524. The van der Waals surface area contributed by atoms with Gasteiger partial charge in [0, 0.05) is 32.2 Å². The fourth-order valence-corrected chi connectivity index (χ4v) is 2.82. The molecule has 1 aliphatic rings. The van der Waals surface area contributed by atoms with E-state index in [1.54, 1.807) is 11.0 Å². The van der Waals surface area contributed by atoms with Gasteiger partial charge in [0.25, 0.3) is 0 Å². The highest BCUT2D eigenvalue weighted by Crippen LogP contribution is 2.31. The van der Waals surface area contributed by atoms with E-state index in [4.69, 9.17) is 0 Å². The molecule has 1 aromatic carbocycles. The molecular formula is C13H12N8O4. The Morgan fingerprint density at radius 2 is 1.76 bits per heavy atom. The molecule has 0 bridgehead atoms. The Morgan fingerprint density at radius 3 is 2.44 bits per heavy atom. The van der Waals surface area contributed by atoms with Gasteiger partial charge in [-0.25, -0.2) is 9.42 Å². The third-order valence-electron chi connectivity index (χ3n) is 4.05. The van der Waals surface area contributed by atoms with Gasteiger partial charge in [-0.3, -0.25) is 10.1 Å². The lowest BCUT2D eigenvalue weighted by Crippen LogP contribution is -2.50. The number of hydrogen-bond donors (Lipinski definition) is 0. The van der Waals surface area contributed by atoms with Gasteiger partial charge in [0.2, 0.25) is 5.52 Å². The summed E-state index contributed by atoms with van der Waals surface area (Å²) in [6.45, 7) is 1.99. The van der Waals surface area contributed by atoms with Crippen LogP contribution in [0, 0.1) is 10.1 Å². The number of benzene rings is 1. The number of carbonyl (C=O) groups excluding carboxylic acids is 1. The van der Waals surface area contributed by atoms with Crippen LogP contribution in [0.5, 0.6) is 0 Å². The molecule has 0 N–H and O–H groups in total. The molecule has 128 valence electrons. The van der Waals surface area contributed by atoms with Crippen molar-refractivity contribution in [3.8, 4) is 0 Å². The number of amides is 1. The van der Waals surface area contributed by atoms with Gasteiger partial charge >= 0.3 is 11.7 Å². The maximum atomic E-state index is 12.2. The summed E-state index contributed by atoms with van der Waals surface area (Å²) in [6.07, 6.45) is 2.89. The van der Waals surface area contributed by atoms with Crippen molar-refractivity contribution in [1.29, 1.82) is 0 Å². The van der Waals surface area contributed by atoms with Crippen LogP contribution in [0.4, 0.5) is 16.2 Å². The number of anilines is 1. The highest BCUT2D eigenvalue weighted by molar-refractivity contribution is 5.94. The first-order valence-electron chi connectivity index (χ1n) is 7.45. The molecule has 12 nitrogen and oxygen atoms in total. The summed E-state index contributed by atoms with van der Waals surface area (Å²) in [7, 11) is 0. The molecule has 1 fully saturated rings. The third kappa shape index (κ3) is 2.52. The van der Waals surface area contributed by atoms with Crippen LogP contribution in [0.25, 0.3) is 11.0 Å². The van der Waals surface area contributed by atoms with Crippen LogP contribution in [0.15, 0.2) is 29.2 Å². The molecule has 3 aromatic rings. The predicted molar refractivity (Wildman–Crippen MR) is 83.1 cm³/mol. The molecule has 12 heteroatoms. The normalized spacial score (nSPS) is 14.9. The van der Waals surface area contributed by atoms with E-state index in [0.717, 1.165) is 4.80 Å². The molecule has 0 spiro atoms. The number of nitrogens with zero attached hydrogens (tertiary/aromatic N) is 8. The Balaban J connectivity index is 1.54. The number of rotatable bonds is 2. The van der Waals surface area contributed by atoms with Crippen LogP contribution in [0.3, 0.4) is 0 Å². The van der Waals surface area contributed by atoms with E-state index in [1.165, 1.54) is 18.5 Å². The first kappa shape index (κ1) is 15.0. The SMILES string of the molecule is O=C(N1CCN(c2ccc([N+](=O)[O-])c3nonc23)CC1)n1nccn1. The number of non-ortho nitro benzene ring substituents is 1. The maximum Gasteiger partial charge on any atom is 0.362 e. The lowest BCUT2D eigenvalue weighted by atomic mass is 10.2. The molecule has 1 amide bonds. The van der Waals surface area contributed by atoms with Crippen LogP contribution in [0.1, 0.15) is 0 Å². The minimum Gasteiger partial charge on any atom is -0.366 e.